The normalized spacial score (nSPS) is 10.2. The van der Waals surface area contributed by atoms with Crippen LogP contribution in [0.25, 0.3) is 0 Å². The third kappa shape index (κ3) is 6.30. The van der Waals surface area contributed by atoms with Gasteiger partial charge in [0.05, 0.1) is 17.6 Å². The largest absolute Gasteiger partial charge is 0.490 e. The average molecular weight is 450 g/mol. The number of esters is 1. The molecule has 3 aromatic carbocycles. The van der Waals surface area contributed by atoms with E-state index in [-0.39, 0.29) is 17.0 Å². The summed E-state index contributed by atoms with van der Waals surface area (Å²) >= 11 is 0. The second kappa shape index (κ2) is 10.8. The zero-order valence-corrected chi connectivity index (χ0v) is 18.1. The van der Waals surface area contributed by atoms with Crippen molar-refractivity contribution in [2.75, 3.05) is 19.0 Å². The van der Waals surface area contributed by atoms with Crippen LogP contribution < -0.4 is 14.8 Å². The molecule has 170 valence electrons. The van der Waals surface area contributed by atoms with Crippen molar-refractivity contribution in [2.45, 2.75) is 13.5 Å². The summed E-state index contributed by atoms with van der Waals surface area (Å²) in [5.41, 5.74) is 1.86. The number of methoxy groups -OCH3 is 1. The lowest BCUT2D eigenvalue weighted by Crippen LogP contribution is -2.21. The molecule has 0 radical (unpaired) electrons. The first-order chi connectivity index (χ1) is 15.9. The third-order valence-electron chi connectivity index (χ3n) is 4.67. The third-order valence-corrected chi connectivity index (χ3v) is 4.67. The van der Waals surface area contributed by atoms with Crippen LogP contribution in [0.3, 0.4) is 0 Å². The van der Waals surface area contributed by atoms with Gasteiger partial charge in [-0.2, -0.15) is 0 Å². The van der Waals surface area contributed by atoms with Gasteiger partial charge in [0, 0.05) is 17.8 Å². The molecule has 0 heterocycles. The Morgan fingerprint density at radius 3 is 2.36 bits per heavy atom. The summed E-state index contributed by atoms with van der Waals surface area (Å²) in [5.74, 6) is -0.661. The summed E-state index contributed by atoms with van der Waals surface area (Å²) < 4.78 is 15.7. The molecule has 1 amide bonds. The quantitative estimate of drug-likeness (QED) is 0.294. The highest BCUT2D eigenvalue weighted by atomic mass is 16.6. The summed E-state index contributed by atoms with van der Waals surface area (Å²) in [4.78, 5) is 35.0. The van der Waals surface area contributed by atoms with Crippen LogP contribution in [0.15, 0.2) is 66.7 Å². The molecule has 9 heteroatoms. The van der Waals surface area contributed by atoms with Crippen LogP contribution >= 0.6 is 0 Å². The maximum atomic E-state index is 12.2. The first-order valence-electron chi connectivity index (χ1n) is 9.94. The van der Waals surface area contributed by atoms with Gasteiger partial charge in [0.2, 0.25) is 0 Å². The highest BCUT2D eigenvalue weighted by Crippen LogP contribution is 2.32. The van der Waals surface area contributed by atoms with E-state index in [1.165, 1.54) is 19.2 Å². The van der Waals surface area contributed by atoms with Crippen molar-refractivity contribution >= 4 is 23.3 Å². The smallest absolute Gasteiger partial charge is 0.338 e. The fourth-order valence-electron chi connectivity index (χ4n) is 2.94. The molecule has 0 fully saturated rings. The molecule has 33 heavy (non-hydrogen) atoms. The number of nitro groups is 1. The minimum absolute atomic E-state index is 0.00691. The molecule has 0 unspecified atom stereocenters. The number of nitro benzene ring substituents is 1. The van der Waals surface area contributed by atoms with E-state index < -0.39 is 23.4 Å². The van der Waals surface area contributed by atoms with E-state index in [9.17, 15) is 19.7 Å². The molecule has 0 bridgehead atoms. The minimum Gasteiger partial charge on any atom is -0.490 e. The van der Waals surface area contributed by atoms with E-state index in [1.807, 2.05) is 30.3 Å². The number of rotatable bonds is 9. The lowest BCUT2D eigenvalue weighted by Gasteiger charge is -2.11. The van der Waals surface area contributed by atoms with E-state index in [0.717, 1.165) is 5.56 Å². The number of aryl methyl sites for hydroxylation is 1. The minimum atomic E-state index is -0.669. The van der Waals surface area contributed by atoms with Gasteiger partial charge >= 0.3 is 11.7 Å². The monoisotopic (exact) mass is 450 g/mol. The molecule has 0 aromatic heterocycles. The Bertz CT molecular complexity index is 1150. The second-order valence-corrected chi connectivity index (χ2v) is 7.02. The SMILES string of the molecule is COc1cc(NC(=O)COC(=O)c2ccc(OCc3ccccc3)cc2)c(C)cc1[N+](=O)[O-]. The van der Waals surface area contributed by atoms with Crippen molar-refractivity contribution < 1.29 is 28.7 Å². The Morgan fingerprint density at radius 1 is 1.03 bits per heavy atom. The summed E-state index contributed by atoms with van der Waals surface area (Å²) in [7, 11) is 1.29. The van der Waals surface area contributed by atoms with E-state index in [4.69, 9.17) is 14.2 Å². The van der Waals surface area contributed by atoms with Gasteiger partial charge in [-0.25, -0.2) is 4.79 Å². The predicted molar refractivity (Wildman–Crippen MR) is 121 cm³/mol. The number of hydrogen-bond donors (Lipinski definition) is 1. The van der Waals surface area contributed by atoms with Crippen molar-refractivity contribution in [3.8, 4) is 11.5 Å². The number of nitrogens with one attached hydrogen (secondary N) is 1. The van der Waals surface area contributed by atoms with Crippen molar-refractivity contribution in [2.24, 2.45) is 0 Å². The van der Waals surface area contributed by atoms with Crippen LogP contribution in [0.1, 0.15) is 21.5 Å². The highest BCUT2D eigenvalue weighted by molar-refractivity contribution is 5.96. The summed E-state index contributed by atoms with van der Waals surface area (Å²) in [6.45, 7) is 1.48. The van der Waals surface area contributed by atoms with Gasteiger partial charge in [-0.3, -0.25) is 14.9 Å². The van der Waals surface area contributed by atoms with Gasteiger partial charge in [0.1, 0.15) is 12.4 Å². The molecule has 0 saturated carbocycles. The van der Waals surface area contributed by atoms with E-state index in [0.29, 0.717) is 23.6 Å². The molecule has 0 spiro atoms. The van der Waals surface area contributed by atoms with Crippen LogP contribution in [0.5, 0.6) is 11.5 Å². The number of carbonyl (C=O) groups excluding carboxylic acids is 2. The van der Waals surface area contributed by atoms with Crippen LogP contribution in [-0.2, 0) is 16.1 Å². The zero-order chi connectivity index (χ0) is 23.8. The Labute approximate surface area is 190 Å². The van der Waals surface area contributed by atoms with Gasteiger partial charge in [-0.15, -0.1) is 0 Å². The highest BCUT2D eigenvalue weighted by Gasteiger charge is 2.19. The Kier molecular flexibility index (Phi) is 7.59. The fraction of sp³-hybridized carbons (Fsp3) is 0.167. The lowest BCUT2D eigenvalue weighted by molar-refractivity contribution is -0.385. The standard InChI is InChI=1S/C24H22N2O7/c1-16-12-21(26(29)30)22(31-2)13-20(16)25-23(27)15-33-24(28)18-8-10-19(11-9-18)32-14-17-6-4-3-5-7-17/h3-13H,14-15H2,1-2H3,(H,25,27). The van der Waals surface area contributed by atoms with Crippen molar-refractivity contribution in [1.82, 2.24) is 0 Å². The van der Waals surface area contributed by atoms with Gasteiger partial charge in [0.25, 0.3) is 5.91 Å². The molecular weight excluding hydrogens is 428 g/mol. The van der Waals surface area contributed by atoms with E-state index >= 15 is 0 Å². The fourth-order valence-corrected chi connectivity index (χ4v) is 2.94. The molecular formula is C24H22N2O7. The number of nitrogens with zero attached hydrogens (tertiary/aromatic N) is 1. The maximum absolute atomic E-state index is 12.2. The number of ether oxygens (including phenoxy) is 3. The summed E-state index contributed by atoms with van der Waals surface area (Å²) in [6, 6.07) is 18.7. The van der Waals surface area contributed by atoms with Crippen LogP contribution in [0.4, 0.5) is 11.4 Å². The van der Waals surface area contributed by atoms with Crippen LogP contribution in [-0.4, -0.2) is 30.5 Å². The maximum Gasteiger partial charge on any atom is 0.338 e. The van der Waals surface area contributed by atoms with Gasteiger partial charge in [-0.05, 0) is 42.3 Å². The topological polar surface area (TPSA) is 117 Å². The number of amides is 1. The summed E-state index contributed by atoms with van der Waals surface area (Å²) in [5, 5.41) is 13.6. The number of anilines is 1. The van der Waals surface area contributed by atoms with Crippen molar-refractivity contribution in [3.63, 3.8) is 0 Å². The molecule has 0 atom stereocenters. The van der Waals surface area contributed by atoms with Gasteiger partial charge < -0.3 is 19.5 Å². The van der Waals surface area contributed by atoms with Crippen molar-refractivity contribution in [1.29, 1.82) is 0 Å². The molecule has 3 rings (SSSR count). The zero-order valence-electron chi connectivity index (χ0n) is 18.1. The van der Waals surface area contributed by atoms with Crippen LogP contribution in [0.2, 0.25) is 0 Å². The molecule has 1 N–H and O–H groups in total. The average Bonchev–Trinajstić information content (AvgIpc) is 2.83. The Hall–Kier alpha value is -4.40. The van der Waals surface area contributed by atoms with Gasteiger partial charge in [0.15, 0.2) is 12.4 Å². The lowest BCUT2D eigenvalue weighted by atomic mass is 10.1. The molecule has 0 aliphatic rings. The first kappa shape index (κ1) is 23.3. The number of benzene rings is 3. The predicted octanol–water partition coefficient (Wildman–Crippen LogP) is 4.29. The van der Waals surface area contributed by atoms with Gasteiger partial charge in [-0.1, -0.05) is 30.3 Å². The van der Waals surface area contributed by atoms with Crippen molar-refractivity contribution in [3.05, 3.63) is 93.5 Å². The second-order valence-electron chi connectivity index (χ2n) is 7.02. The Balaban J connectivity index is 1.53. The number of hydrogen-bond acceptors (Lipinski definition) is 7. The van der Waals surface area contributed by atoms with E-state index in [1.54, 1.807) is 31.2 Å². The summed E-state index contributed by atoms with van der Waals surface area (Å²) in [6.07, 6.45) is 0. The number of carbonyl (C=O) groups is 2. The van der Waals surface area contributed by atoms with Crippen LogP contribution in [0, 0.1) is 17.0 Å². The molecule has 0 saturated heterocycles. The molecule has 3 aromatic rings. The molecule has 0 aliphatic heterocycles. The molecule has 0 aliphatic carbocycles. The molecule has 9 nitrogen and oxygen atoms in total. The Morgan fingerprint density at radius 2 is 1.73 bits per heavy atom. The van der Waals surface area contributed by atoms with E-state index in [2.05, 4.69) is 5.32 Å². The first-order valence-corrected chi connectivity index (χ1v) is 9.94.